The Morgan fingerprint density at radius 3 is 2.39 bits per heavy atom. The Morgan fingerprint density at radius 2 is 1.71 bits per heavy atom. The molecular weight excluding hydrogens is 470 g/mol. The van der Waals surface area contributed by atoms with Crippen LogP contribution in [0.4, 0.5) is 4.79 Å². The summed E-state index contributed by atoms with van der Waals surface area (Å²) in [5.74, 6) is 5.42. The van der Waals surface area contributed by atoms with E-state index in [1.165, 1.54) is 44.1 Å². The normalized spacial score (nSPS) is 48.9. The van der Waals surface area contributed by atoms with Gasteiger partial charge in [0.25, 0.3) is 0 Å². The largest absolute Gasteiger partial charge is 0.436 e. The van der Waals surface area contributed by atoms with Gasteiger partial charge in [0.2, 0.25) is 0 Å². The van der Waals surface area contributed by atoms with Crippen molar-refractivity contribution in [2.75, 3.05) is 13.2 Å². The molecule has 5 fully saturated rings. The highest BCUT2D eigenvalue weighted by atomic mass is 16.5. The predicted molar refractivity (Wildman–Crippen MR) is 153 cm³/mol. The van der Waals surface area contributed by atoms with Crippen molar-refractivity contribution in [3.63, 3.8) is 0 Å². The molecule has 0 radical (unpaired) electrons. The van der Waals surface area contributed by atoms with Crippen molar-refractivity contribution in [3.8, 4) is 12.3 Å². The number of hydrogen-bond acceptors (Lipinski definition) is 3. The molecule has 0 aromatic rings. The summed E-state index contributed by atoms with van der Waals surface area (Å²) in [6, 6.07) is 0. The van der Waals surface area contributed by atoms with Crippen LogP contribution in [0.1, 0.15) is 106 Å². The molecule has 212 valence electrons. The summed E-state index contributed by atoms with van der Waals surface area (Å²) in [6.07, 6.45) is 16.7. The van der Waals surface area contributed by atoms with Gasteiger partial charge < -0.3 is 15.2 Å². The van der Waals surface area contributed by atoms with E-state index >= 15 is 0 Å². The van der Waals surface area contributed by atoms with E-state index in [9.17, 15) is 9.90 Å². The van der Waals surface area contributed by atoms with E-state index in [1.807, 2.05) is 0 Å². The Bertz CT molecular complexity index is 1010. The molecule has 0 aromatic carbocycles. The van der Waals surface area contributed by atoms with Gasteiger partial charge in [-0.05, 0) is 128 Å². The molecule has 0 heterocycles. The third kappa shape index (κ3) is 3.77. The van der Waals surface area contributed by atoms with E-state index < -0.39 is 0 Å². The second-order valence-electron chi connectivity index (χ2n) is 15.6. The van der Waals surface area contributed by atoms with Crippen LogP contribution < -0.4 is 5.32 Å². The number of aliphatic hydroxyl groups excluding tert-OH is 1. The number of ether oxygens (including phenoxy) is 1. The molecule has 5 aliphatic carbocycles. The summed E-state index contributed by atoms with van der Waals surface area (Å²) in [4.78, 5) is 12.4. The minimum absolute atomic E-state index is 0.00992. The number of alkyl carbamates (subject to hydrolysis) is 1. The number of allylic oxidation sites excluding steroid dienone is 1. The average Bonchev–Trinajstić information content (AvgIpc) is 3.25. The highest BCUT2D eigenvalue weighted by Crippen LogP contribution is 2.77. The van der Waals surface area contributed by atoms with Gasteiger partial charge in [-0.15, -0.1) is 6.42 Å². The summed E-state index contributed by atoms with van der Waals surface area (Å²) in [5.41, 5.74) is 2.30. The van der Waals surface area contributed by atoms with Crippen molar-refractivity contribution < 1.29 is 14.6 Å². The molecule has 4 nitrogen and oxygen atoms in total. The number of rotatable bonds is 4. The number of hydrogen-bond donors (Lipinski definition) is 2. The maximum absolute atomic E-state index is 12.4. The van der Waals surface area contributed by atoms with Crippen molar-refractivity contribution in [1.82, 2.24) is 5.32 Å². The smallest absolute Gasteiger partial charge is 0.408 e. The minimum Gasteiger partial charge on any atom is -0.436 e. The van der Waals surface area contributed by atoms with Crippen molar-refractivity contribution in [3.05, 3.63) is 12.2 Å². The minimum atomic E-state index is -0.382. The summed E-state index contributed by atoms with van der Waals surface area (Å²) >= 11 is 0. The van der Waals surface area contributed by atoms with Crippen molar-refractivity contribution in [2.24, 2.45) is 56.7 Å². The van der Waals surface area contributed by atoms with Crippen LogP contribution in [0.15, 0.2) is 12.2 Å². The topological polar surface area (TPSA) is 58.6 Å². The van der Waals surface area contributed by atoms with Gasteiger partial charge in [0, 0.05) is 6.54 Å². The van der Waals surface area contributed by atoms with Crippen LogP contribution in [0.2, 0.25) is 0 Å². The Kier molecular flexibility index (Phi) is 6.86. The number of fused-ring (bicyclic) bond motifs is 7. The number of carbonyl (C=O) groups is 1. The molecule has 0 bridgehead atoms. The first kappa shape index (κ1) is 28.1. The summed E-state index contributed by atoms with van der Waals surface area (Å²) in [7, 11) is 0. The Hall–Kier alpha value is -1.47. The monoisotopic (exact) mass is 523 g/mol. The number of terminal acetylenes is 1. The van der Waals surface area contributed by atoms with E-state index in [4.69, 9.17) is 11.2 Å². The predicted octanol–water partition coefficient (Wildman–Crippen LogP) is 7.36. The Labute approximate surface area is 232 Å². The van der Waals surface area contributed by atoms with Gasteiger partial charge in [-0.2, -0.15) is 0 Å². The van der Waals surface area contributed by atoms with E-state index in [2.05, 4.69) is 59.4 Å². The molecule has 1 amide bonds. The standard InChI is InChI=1S/C34H53NO3/c1-9-20-38-29(37)35-21-34-17-12-23(22(2)3)28(34)24-10-11-26-31(6)15-14-27(36)30(4,5)25(31)13-16-33(26,8)32(24,7)18-19-34/h1,23-28,36H,2,10-21H2,3-8H3,(H,35,37). The van der Waals surface area contributed by atoms with Crippen LogP contribution >= 0.6 is 0 Å². The zero-order chi connectivity index (χ0) is 27.7. The van der Waals surface area contributed by atoms with Gasteiger partial charge >= 0.3 is 6.09 Å². The van der Waals surface area contributed by atoms with Crippen LogP contribution in [0.3, 0.4) is 0 Å². The molecule has 0 aliphatic heterocycles. The van der Waals surface area contributed by atoms with Crippen LogP contribution in [-0.4, -0.2) is 30.5 Å². The fourth-order valence-electron chi connectivity index (χ4n) is 12.0. The van der Waals surface area contributed by atoms with Gasteiger partial charge in [0.05, 0.1) is 6.10 Å². The summed E-state index contributed by atoms with van der Waals surface area (Å²) in [6.45, 7) is 20.0. The SMILES string of the molecule is C#CCOC(=O)NCC12CCC(C(=C)C)C1C1CCC3C4(C)CCC(O)C(C)(C)C4CCC3(C)C1(C)CC2. The maximum Gasteiger partial charge on any atom is 0.408 e. The molecular formula is C34H53NO3. The molecule has 5 saturated carbocycles. The molecule has 2 N–H and O–H groups in total. The second-order valence-corrected chi connectivity index (χ2v) is 15.6. The van der Waals surface area contributed by atoms with Gasteiger partial charge in [-0.1, -0.05) is 52.7 Å². The zero-order valence-corrected chi connectivity index (χ0v) is 25.0. The second kappa shape index (κ2) is 9.29. The van der Waals surface area contributed by atoms with Gasteiger partial charge in [-0.3, -0.25) is 0 Å². The first-order chi connectivity index (χ1) is 17.8. The molecule has 0 aromatic heterocycles. The van der Waals surface area contributed by atoms with E-state index in [0.717, 1.165) is 25.7 Å². The lowest BCUT2D eigenvalue weighted by atomic mass is 9.32. The molecule has 38 heavy (non-hydrogen) atoms. The number of nitrogens with one attached hydrogen (secondary N) is 1. The van der Waals surface area contributed by atoms with Crippen molar-refractivity contribution >= 4 is 6.09 Å². The van der Waals surface area contributed by atoms with Crippen LogP contribution in [0, 0.1) is 69.0 Å². The molecule has 0 spiro atoms. The Morgan fingerprint density at radius 1 is 0.974 bits per heavy atom. The number of aliphatic hydroxyl groups is 1. The maximum atomic E-state index is 12.4. The zero-order valence-electron chi connectivity index (χ0n) is 25.0. The summed E-state index contributed by atoms with van der Waals surface area (Å²) in [5, 5.41) is 14.1. The van der Waals surface area contributed by atoms with E-state index in [1.54, 1.807) is 0 Å². The highest BCUT2D eigenvalue weighted by Gasteiger charge is 2.70. The van der Waals surface area contributed by atoms with Gasteiger partial charge in [0.15, 0.2) is 6.61 Å². The van der Waals surface area contributed by atoms with Gasteiger partial charge in [-0.25, -0.2) is 4.79 Å². The number of amides is 1. The van der Waals surface area contributed by atoms with Gasteiger partial charge in [0.1, 0.15) is 0 Å². The first-order valence-corrected chi connectivity index (χ1v) is 15.4. The average molecular weight is 524 g/mol. The quantitative estimate of drug-likeness (QED) is 0.299. The molecule has 5 rings (SSSR count). The van der Waals surface area contributed by atoms with Crippen LogP contribution in [0.5, 0.6) is 0 Å². The molecule has 10 unspecified atom stereocenters. The van der Waals surface area contributed by atoms with E-state index in [-0.39, 0.29) is 35.0 Å². The number of carbonyl (C=O) groups excluding carboxylic acids is 1. The summed E-state index contributed by atoms with van der Waals surface area (Å²) < 4.78 is 5.18. The van der Waals surface area contributed by atoms with Crippen molar-refractivity contribution in [2.45, 2.75) is 112 Å². The third-order valence-electron chi connectivity index (χ3n) is 14.1. The lowest BCUT2D eigenvalue weighted by Gasteiger charge is -2.73. The fraction of sp³-hybridized carbons (Fsp3) is 0.853. The third-order valence-corrected chi connectivity index (χ3v) is 14.1. The van der Waals surface area contributed by atoms with Crippen LogP contribution in [-0.2, 0) is 4.74 Å². The highest BCUT2D eigenvalue weighted by molar-refractivity contribution is 5.67. The molecule has 10 atom stereocenters. The molecule has 0 saturated heterocycles. The first-order valence-electron chi connectivity index (χ1n) is 15.4. The fourth-order valence-corrected chi connectivity index (χ4v) is 12.0. The molecule has 4 heteroatoms. The van der Waals surface area contributed by atoms with Crippen molar-refractivity contribution in [1.29, 1.82) is 0 Å². The lowest BCUT2D eigenvalue weighted by Crippen LogP contribution is -2.67. The lowest BCUT2D eigenvalue weighted by molar-refractivity contribution is -0.247. The Balaban J connectivity index is 1.47. The van der Waals surface area contributed by atoms with Crippen LogP contribution in [0.25, 0.3) is 0 Å². The molecule has 5 aliphatic rings. The van der Waals surface area contributed by atoms with E-state index in [0.29, 0.717) is 47.0 Å².